The molecule has 4 nitrogen and oxygen atoms in total. The second-order valence-corrected chi connectivity index (χ2v) is 4.37. The Kier molecular flexibility index (Phi) is 4.39. The lowest BCUT2D eigenvalue weighted by atomic mass is 9.88. The van der Waals surface area contributed by atoms with Gasteiger partial charge in [0.15, 0.2) is 0 Å². The summed E-state index contributed by atoms with van der Waals surface area (Å²) < 4.78 is 10.6. The molecule has 16 heavy (non-hydrogen) atoms. The van der Waals surface area contributed by atoms with E-state index in [4.69, 9.17) is 14.9 Å². The normalized spacial score (nSPS) is 24.3. The van der Waals surface area contributed by atoms with Crippen LogP contribution in [0.2, 0.25) is 0 Å². The minimum absolute atomic E-state index is 0.424. The van der Waals surface area contributed by atoms with E-state index < -0.39 is 0 Å². The van der Waals surface area contributed by atoms with Gasteiger partial charge >= 0.3 is 0 Å². The van der Waals surface area contributed by atoms with Crippen molar-refractivity contribution < 1.29 is 9.15 Å². The number of nitrogens with two attached hydrogens (primary N) is 1. The van der Waals surface area contributed by atoms with Crippen LogP contribution in [0.3, 0.4) is 0 Å². The maximum Gasteiger partial charge on any atom is 0.129 e. The van der Waals surface area contributed by atoms with Crippen LogP contribution in [0.4, 0.5) is 0 Å². The summed E-state index contributed by atoms with van der Waals surface area (Å²) in [5.41, 5.74) is 5.70. The highest BCUT2D eigenvalue weighted by Gasteiger charge is 2.24. The number of ether oxygens (including phenoxy) is 1. The molecule has 2 rings (SSSR count). The van der Waals surface area contributed by atoms with Crippen molar-refractivity contribution >= 4 is 0 Å². The minimum Gasteiger partial charge on any atom is -0.467 e. The van der Waals surface area contributed by atoms with Gasteiger partial charge in [0, 0.05) is 18.7 Å². The van der Waals surface area contributed by atoms with Gasteiger partial charge in [-0.15, -0.1) is 0 Å². The molecule has 0 saturated heterocycles. The Bertz CT molecular complexity index is 281. The fourth-order valence-corrected chi connectivity index (χ4v) is 1.88. The van der Waals surface area contributed by atoms with Crippen molar-refractivity contribution in [2.24, 2.45) is 5.73 Å². The molecule has 4 heteroatoms. The summed E-state index contributed by atoms with van der Waals surface area (Å²) >= 11 is 0. The molecule has 0 bridgehead atoms. The SMILES string of the molecule is NC1CC(NCCCOCc2ccco2)C1. The molecule has 0 aliphatic heterocycles. The molecule has 1 aliphatic carbocycles. The fourth-order valence-electron chi connectivity index (χ4n) is 1.88. The largest absolute Gasteiger partial charge is 0.467 e. The van der Waals surface area contributed by atoms with Crippen molar-refractivity contribution in [2.45, 2.75) is 38.0 Å². The minimum atomic E-state index is 0.424. The van der Waals surface area contributed by atoms with E-state index in [1.807, 2.05) is 12.1 Å². The molecule has 0 atom stereocenters. The first-order valence-electron chi connectivity index (χ1n) is 5.93. The quantitative estimate of drug-likeness (QED) is 0.685. The molecule has 1 aliphatic rings. The highest BCUT2D eigenvalue weighted by molar-refractivity contribution is 4.96. The number of rotatable bonds is 7. The van der Waals surface area contributed by atoms with Crippen molar-refractivity contribution in [1.82, 2.24) is 5.32 Å². The van der Waals surface area contributed by atoms with Crippen LogP contribution in [0, 0.1) is 0 Å². The predicted octanol–water partition coefficient (Wildman–Crippen LogP) is 1.27. The summed E-state index contributed by atoms with van der Waals surface area (Å²) in [4.78, 5) is 0. The van der Waals surface area contributed by atoms with Crippen LogP contribution >= 0.6 is 0 Å². The van der Waals surface area contributed by atoms with Crippen molar-refractivity contribution in [3.63, 3.8) is 0 Å². The molecule has 1 aromatic heterocycles. The van der Waals surface area contributed by atoms with E-state index in [0.29, 0.717) is 18.7 Å². The Balaban J connectivity index is 1.41. The van der Waals surface area contributed by atoms with E-state index in [-0.39, 0.29) is 0 Å². The van der Waals surface area contributed by atoms with Crippen LogP contribution in [0.15, 0.2) is 22.8 Å². The second-order valence-electron chi connectivity index (χ2n) is 4.37. The fraction of sp³-hybridized carbons (Fsp3) is 0.667. The Morgan fingerprint density at radius 3 is 3.06 bits per heavy atom. The third-order valence-electron chi connectivity index (χ3n) is 2.90. The number of hydrogen-bond acceptors (Lipinski definition) is 4. The van der Waals surface area contributed by atoms with Gasteiger partial charge in [-0.1, -0.05) is 0 Å². The van der Waals surface area contributed by atoms with Crippen LogP contribution in [0.25, 0.3) is 0 Å². The van der Waals surface area contributed by atoms with Crippen LogP contribution in [0.1, 0.15) is 25.0 Å². The Hall–Kier alpha value is -0.840. The zero-order valence-corrected chi connectivity index (χ0v) is 9.52. The predicted molar refractivity (Wildman–Crippen MR) is 62.0 cm³/mol. The topological polar surface area (TPSA) is 60.4 Å². The zero-order valence-electron chi connectivity index (χ0n) is 9.52. The average Bonchev–Trinajstić information content (AvgIpc) is 2.73. The van der Waals surface area contributed by atoms with E-state index in [1.54, 1.807) is 6.26 Å². The van der Waals surface area contributed by atoms with Gasteiger partial charge in [-0.3, -0.25) is 0 Å². The third-order valence-corrected chi connectivity index (χ3v) is 2.90. The summed E-state index contributed by atoms with van der Waals surface area (Å²) in [5, 5.41) is 3.46. The smallest absolute Gasteiger partial charge is 0.129 e. The van der Waals surface area contributed by atoms with Gasteiger partial charge in [0.25, 0.3) is 0 Å². The number of nitrogens with one attached hydrogen (secondary N) is 1. The van der Waals surface area contributed by atoms with Crippen molar-refractivity contribution in [2.75, 3.05) is 13.2 Å². The monoisotopic (exact) mass is 224 g/mol. The maximum absolute atomic E-state index is 5.70. The summed E-state index contributed by atoms with van der Waals surface area (Å²) in [7, 11) is 0. The zero-order chi connectivity index (χ0) is 11.2. The van der Waals surface area contributed by atoms with Crippen LogP contribution in [-0.4, -0.2) is 25.2 Å². The van der Waals surface area contributed by atoms with Crippen molar-refractivity contribution in [1.29, 1.82) is 0 Å². The molecule has 0 amide bonds. The first kappa shape index (κ1) is 11.6. The van der Waals surface area contributed by atoms with E-state index in [1.165, 1.54) is 0 Å². The van der Waals surface area contributed by atoms with Gasteiger partial charge in [-0.2, -0.15) is 0 Å². The average molecular weight is 224 g/mol. The van der Waals surface area contributed by atoms with Crippen molar-refractivity contribution in [3.05, 3.63) is 24.2 Å². The number of furan rings is 1. The first-order chi connectivity index (χ1) is 7.84. The van der Waals surface area contributed by atoms with E-state index in [9.17, 15) is 0 Å². The number of hydrogen-bond donors (Lipinski definition) is 2. The summed E-state index contributed by atoms with van der Waals surface area (Å²) in [5.74, 6) is 0.887. The van der Waals surface area contributed by atoms with Gasteiger partial charge in [-0.05, 0) is 37.9 Å². The molecule has 0 unspecified atom stereocenters. The standard InChI is InChI=1S/C12H20N2O2/c13-10-7-11(8-10)14-4-2-5-15-9-12-3-1-6-16-12/h1,3,6,10-11,14H,2,4-5,7-9,13H2. The summed E-state index contributed by atoms with van der Waals surface area (Å²) in [6.45, 7) is 2.35. The second kappa shape index (κ2) is 6.03. The highest BCUT2D eigenvalue weighted by Crippen LogP contribution is 2.16. The Labute approximate surface area is 96.1 Å². The van der Waals surface area contributed by atoms with Gasteiger partial charge in [0.1, 0.15) is 12.4 Å². The molecule has 3 N–H and O–H groups in total. The highest BCUT2D eigenvalue weighted by atomic mass is 16.5. The Morgan fingerprint density at radius 1 is 1.50 bits per heavy atom. The lowest BCUT2D eigenvalue weighted by molar-refractivity contribution is 0.102. The first-order valence-corrected chi connectivity index (χ1v) is 5.93. The summed E-state index contributed by atoms with van der Waals surface area (Å²) in [6, 6.07) is 4.86. The van der Waals surface area contributed by atoms with Gasteiger partial charge < -0.3 is 20.2 Å². The van der Waals surface area contributed by atoms with Gasteiger partial charge in [0.05, 0.1) is 6.26 Å². The lowest BCUT2D eigenvalue weighted by Gasteiger charge is -2.33. The van der Waals surface area contributed by atoms with Crippen molar-refractivity contribution in [3.8, 4) is 0 Å². The van der Waals surface area contributed by atoms with E-state index in [2.05, 4.69) is 5.32 Å². The van der Waals surface area contributed by atoms with Gasteiger partial charge in [0.2, 0.25) is 0 Å². The summed E-state index contributed by atoms with van der Waals surface area (Å²) in [6.07, 6.45) is 4.94. The van der Waals surface area contributed by atoms with E-state index >= 15 is 0 Å². The van der Waals surface area contributed by atoms with Crippen LogP contribution < -0.4 is 11.1 Å². The maximum atomic E-state index is 5.70. The molecular weight excluding hydrogens is 204 g/mol. The molecule has 90 valence electrons. The molecule has 1 heterocycles. The third kappa shape index (κ3) is 3.63. The molecule has 0 aromatic carbocycles. The van der Waals surface area contributed by atoms with Crippen LogP contribution in [0.5, 0.6) is 0 Å². The Morgan fingerprint density at radius 2 is 2.38 bits per heavy atom. The molecule has 0 spiro atoms. The lowest BCUT2D eigenvalue weighted by Crippen LogP contribution is -2.48. The molecule has 1 aromatic rings. The molecule has 1 saturated carbocycles. The molecule has 0 radical (unpaired) electrons. The van der Waals surface area contributed by atoms with Crippen LogP contribution in [-0.2, 0) is 11.3 Å². The van der Waals surface area contributed by atoms with Gasteiger partial charge in [-0.25, -0.2) is 0 Å². The molecular formula is C12H20N2O2. The molecule has 1 fully saturated rings. The van der Waals surface area contributed by atoms with E-state index in [0.717, 1.165) is 38.2 Å².